The summed E-state index contributed by atoms with van der Waals surface area (Å²) in [6.07, 6.45) is -4.58. The van der Waals surface area contributed by atoms with E-state index in [-0.39, 0.29) is 18.8 Å². The van der Waals surface area contributed by atoms with Crippen LogP contribution in [0.25, 0.3) is 0 Å². The largest absolute Gasteiger partial charge is 0.508 e. The molecule has 0 saturated carbocycles. The number of alkyl halides is 3. The zero-order chi connectivity index (χ0) is 14.5. The van der Waals surface area contributed by atoms with Crippen LogP contribution < -0.4 is 5.32 Å². The van der Waals surface area contributed by atoms with E-state index in [0.717, 1.165) is 0 Å². The highest BCUT2D eigenvalue weighted by Gasteiger charge is 2.27. The maximum atomic E-state index is 11.8. The van der Waals surface area contributed by atoms with Crippen molar-refractivity contribution in [1.29, 1.82) is 0 Å². The van der Waals surface area contributed by atoms with Gasteiger partial charge in [-0.2, -0.15) is 13.2 Å². The van der Waals surface area contributed by atoms with E-state index in [2.05, 4.69) is 10.1 Å². The molecule has 0 aliphatic rings. The number of anilines is 1. The Labute approximate surface area is 108 Å². The summed E-state index contributed by atoms with van der Waals surface area (Å²) in [5.41, 5.74) is 0.910. The molecule has 0 radical (unpaired) electrons. The molecule has 0 spiro atoms. The van der Waals surface area contributed by atoms with Gasteiger partial charge in [-0.25, -0.2) is 0 Å². The molecule has 0 bridgehead atoms. The molecular weight excluding hydrogens is 263 g/mol. The molecule has 0 aliphatic carbocycles. The van der Waals surface area contributed by atoms with Crippen LogP contribution in [-0.2, 0) is 9.53 Å². The Hall–Kier alpha value is -1.76. The summed E-state index contributed by atoms with van der Waals surface area (Å²) >= 11 is 0. The fraction of sp³-hybridized carbons (Fsp3) is 0.417. The molecular formula is C12H14F3NO3. The fourth-order valence-corrected chi connectivity index (χ4v) is 1.32. The normalized spacial score (nSPS) is 11.4. The summed E-state index contributed by atoms with van der Waals surface area (Å²) in [6.45, 7) is -0.0697. The number of halogens is 3. The number of hydrogen-bond donors (Lipinski definition) is 2. The van der Waals surface area contributed by atoms with Gasteiger partial charge in [0.05, 0.1) is 13.0 Å². The minimum Gasteiger partial charge on any atom is -0.508 e. The SMILES string of the molecule is Cc1c(O)cccc1NC(=O)CCOCC(F)(F)F. The number of phenols is 1. The number of amides is 1. The summed E-state index contributed by atoms with van der Waals surface area (Å²) in [5.74, 6) is -0.443. The maximum Gasteiger partial charge on any atom is 0.411 e. The van der Waals surface area contributed by atoms with Crippen molar-refractivity contribution in [2.45, 2.75) is 19.5 Å². The minimum atomic E-state index is -4.39. The molecule has 0 heterocycles. The van der Waals surface area contributed by atoms with Gasteiger partial charge in [0.2, 0.25) is 5.91 Å². The van der Waals surface area contributed by atoms with E-state index in [1.54, 1.807) is 19.1 Å². The van der Waals surface area contributed by atoms with Crippen molar-refractivity contribution in [3.8, 4) is 5.75 Å². The van der Waals surface area contributed by atoms with E-state index in [1.807, 2.05) is 0 Å². The minimum absolute atomic E-state index is 0.0334. The molecule has 106 valence electrons. The molecule has 0 aliphatic heterocycles. The number of phenolic OH excluding ortho intramolecular Hbond substituents is 1. The van der Waals surface area contributed by atoms with E-state index in [1.165, 1.54) is 6.07 Å². The van der Waals surface area contributed by atoms with Gasteiger partial charge in [-0.3, -0.25) is 4.79 Å². The van der Waals surface area contributed by atoms with Crippen LogP contribution >= 0.6 is 0 Å². The van der Waals surface area contributed by atoms with Gasteiger partial charge < -0.3 is 15.2 Å². The molecule has 1 aromatic rings. The molecule has 0 fully saturated rings. The van der Waals surface area contributed by atoms with Crippen molar-refractivity contribution >= 4 is 11.6 Å². The summed E-state index contributed by atoms with van der Waals surface area (Å²) in [6, 6.07) is 4.61. The van der Waals surface area contributed by atoms with Crippen LogP contribution in [-0.4, -0.2) is 30.4 Å². The summed E-state index contributed by atoms with van der Waals surface area (Å²) in [4.78, 5) is 11.4. The van der Waals surface area contributed by atoms with Gasteiger partial charge in [0.1, 0.15) is 12.4 Å². The molecule has 1 amide bonds. The fourth-order valence-electron chi connectivity index (χ4n) is 1.32. The highest BCUT2D eigenvalue weighted by molar-refractivity contribution is 5.91. The third kappa shape index (κ3) is 5.60. The second-order valence-corrected chi connectivity index (χ2v) is 3.92. The molecule has 2 N–H and O–H groups in total. The first-order valence-corrected chi connectivity index (χ1v) is 5.52. The Morgan fingerprint density at radius 1 is 1.42 bits per heavy atom. The third-order valence-corrected chi connectivity index (χ3v) is 2.32. The smallest absolute Gasteiger partial charge is 0.411 e. The summed E-state index contributed by atoms with van der Waals surface area (Å²) in [5, 5.41) is 11.9. The molecule has 7 heteroatoms. The highest BCUT2D eigenvalue weighted by Crippen LogP contribution is 2.23. The first-order valence-electron chi connectivity index (χ1n) is 5.52. The van der Waals surface area contributed by atoms with Crippen molar-refractivity contribution in [3.63, 3.8) is 0 Å². The van der Waals surface area contributed by atoms with Crippen molar-refractivity contribution < 1.29 is 27.8 Å². The van der Waals surface area contributed by atoms with Crippen LogP contribution in [0.4, 0.5) is 18.9 Å². The molecule has 0 unspecified atom stereocenters. The van der Waals surface area contributed by atoms with Crippen molar-refractivity contribution in [1.82, 2.24) is 0 Å². The second kappa shape index (κ2) is 6.42. The number of rotatable bonds is 5. The number of hydrogen-bond acceptors (Lipinski definition) is 3. The number of nitrogens with one attached hydrogen (secondary N) is 1. The Kier molecular flexibility index (Phi) is 5.17. The predicted molar refractivity (Wildman–Crippen MR) is 63.0 cm³/mol. The van der Waals surface area contributed by atoms with Crippen LogP contribution in [0.5, 0.6) is 5.75 Å². The first-order chi connectivity index (χ1) is 8.79. The van der Waals surface area contributed by atoms with Gasteiger partial charge in [-0.15, -0.1) is 0 Å². The van der Waals surface area contributed by atoms with Gasteiger partial charge in [-0.05, 0) is 19.1 Å². The van der Waals surface area contributed by atoms with Crippen LogP contribution in [0, 0.1) is 6.92 Å². The second-order valence-electron chi connectivity index (χ2n) is 3.92. The van der Waals surface area contributed by atoms with Crippen molar-refractivity contribution in [2.75, 3.05) is 18.5 Å². The van der Waals surface area contributed by atoms with Gasteiger partial charge in [0, 0.05) is 11.3 Å². The zero-order valence-electron chi connectivity index (χ0n) is 10.3. The third-order valence-electron chi connectivity index (χ3n) is 2.32. The van der Waals surface area contributed by atoms with Crippen molar-refractivity contribution in [2.24, 2.45) is 0 Å². The average molecular weight is 277 g/mol. The Morgan fingerprint density at radius 2 is 2.11 bits per heavy atom. The number of benzene rings is 1. The van der Waals surface area contributed by atoms with Gasteiger partial charge in [-0.1, -0.05) is 6.07 Å². The Morgan fingerprint density at radius 3 is 2.74 bits per heavy atom. The quantitative estimate of drug-likeness (QED) is 0.813. The van der Waals surface area contributed by atoms with Crippen LogP contribution in [0.2, 0.25) is 0 Å². The van der Waals surface area contributed by atoms with E-state index < -0.39 is 18.7 Å². The predicted octanol–water partition coefficient (Wildman–Crippen LogP) is 2.61. The summed E-state index contributed by atoms with van der Waals surface area (Å²) < 4.78 is 39.6. The molecule has 0 aromatic heterocycles. The Bertz CT molecular complexity index is 446. The van der Waals surface area contributed by atoms with Gasteiger partial charge in [0.15, 0.2) is 0 Å². The molecule has 4 nitrogen and oxygen atoms in total. The van der Waals surface area contributed by atoms with E-state index in [9.17, 15) is 23.1 Å². The average Bonchev–Trinajstić information content (AvgIpc) is 2.29. The first kappa shape index (κ1) is 15.3. The standard InChI is InChI=1S/C12H14F3NO3/c1-8-9(3-2-4-10(8)17)16-11(18)5-6-19-7-12(13,14)15/h2-4,17H,5-7H2,1H3,(H,16,18). The lowest BCUT2D eigenvalue weighted by Gasteiger charge is -2.10. The van der Waals surface area contributed by atoms with Crippen LogP contribution in [0.15, 0.2) is 18.2 Å². The topological polar surface area (TPSA) is 58.6 Å². The van der Waals surface area contributed by atoms with Gasteiger partial charge in [0.25, 0.3) is 0 Å². The molecule has 0 atom stereocenters. The zero-order valence-corrected chi connectivity index (χ0v) is 10.3. The molecule has 0 saturated heterocycles. The van der Waals surface area contributed by atoms with Crippen molar-refractivity contribution in [3.05, 3.63) is 23.8 Å². The number of aromatic hydroxyl groups is 1. The maximum absolute atomic E-state index is 11.8. The number of ether oxygens (including phenoxy) is 1. The molecule has 1 rings (SSSR count). The van der Waals surface area contributed by atoms with Crippen LogP contribution in [0.3, 0.4) is 0 Å². The van der Waals surface area contributed by atoms with E-state index in [0.29, 0.717) is 11.3 Å². The number of carbonyl (C=O) groups excluding carboxylic acids is 1. The van der Waals surface area contributed by atoms with Gasteiger partial charge >= 0.3 is 6.18 Å². The number of carbonyl (C=O) groups is 1. The monoisotopic (exact) mass is 277 g/mol. The summed E-state index contributed by atoms with van der Waals surface area (Å²) in [7, 11) is 0. The molecule has 19 heavy (non-hydrogen) atoms. The van der Waals surface area contributed by atoms with E-state index in [4.69, 9.17) is 0 Å². The van der Waals surface area contributed by atoms with Crippen LogP contribution in [0.1, 0.15) is 12.0 Å². The highest BCUT2D eigenvalue weighted by atomic mass is 19.4. The lowest BCUT2D eigenvalue weighted by molar-refractivity contribution is -0.174. The lowest BCUT2D eigenvalue weighted by atomic mass is 10.2. The lowest BCUT2D eigenvalue weighted by Crippen LogP contribution is -2.20. The Balaban J connectivity index is 2.38. The molecule has 1 aromatic carbocycles. The van der Waals surface area contributed by atoms with E-state index >= 15 is 0 Å².